The highest BCUT2D eigenvalue weighted by Crippen LogP contribution is 2.54. The van der Waals surface area contributed by atoms with E-state index in [1.165, 1.54) is 19.3 Å². The molecule has 0 aromatic rings. The summed E-state index contributed by atoms with van der Waals surface area (Å²) in [4.78, 5) is 0. The molecule has 2 aliphatic carbocycles. The molecule has 0 saturated heterocycles. The van der Waals surface area contributed by atoms with Gasteiger partial charge in [0.05, 0.1) is 6.61 Å². The molecule has 1 N–H and O–H groups in total. The van der Waals surface area contributed by atoms with Gasteiger partial charge in [-0.1, -0.05) is 0 Å². The fourth-order valence-electron chi connectivity index (χ4n) is 3.32. The van der Waals surface area contributed by atoms with Crippen LogP contribution in [0.2, 0.25) is 0 Å². The monoisotopic (exact) mass is 180 g/mol. The van der Waals surface area contributed by atoms with Crippen LogP contribution in [0, 0.1) is 11.8 Å². The van der Waals surface area contributed by atoms with Crippen molar-refractivity contribution < 1.29 is 9.84 Å². The lowest BCUT2D eigenvalue weighted by Gasteiger charge is -2.32. The van der Waals surface area contributed by atoms with Gasteiger partial charge in [-0.2, -0.15) is 0 Å². The fraction of sp³-hybridized carbons (Fsp3) is 0.818. The highest BCUT2D eigenvalue weighted by molar-refractivity contribution is 5.20. The Kier molecular flexibility index (Phi) is 1.51. The van der Waals surface area contributed by atoms with Gasteiger partial charge in [-0.3, -0.25) is 0 Å². The van der Waals surface area contributed by atoms with Crippen molar-refractivity contribution >= 4 is 0 Å². The molecule has 0 aromatic carbocycles. The first-order valence-corrected chi connectivity index (χ1v) is 5.35. The van der Waals surface area contributed by atoms with Crippen LogP contribution in [-0.4, -0.2) is 17.3 Å². The smallest absolute Gasteiger partial charge is 0.124 e. The molecule has 2 nitrogen and oxygen atoms in total. The highest BCUT2D eigenvalue weighted by atomic mass is 16.5. The molecule has 72 valence electrons. The van der Waals surface area contributed by atoms with Crippen molar-refractivity contribution in [1.82, 2.24) is 0 Å². The van der Waals surface area contributed by atoms with Crippen LogP contribution in [-0.2, 0) is 4.74 Å². The van der Waals surface area contributed by atoms with Gasteiger partial charge in [-0.05, 0) is 43.6 Å². The van der Waals surface area contributed by atoms with Crippen LogP contribution in [0.1, 0.15) is 32.1 Å². The van der Waals surface area contributed by atoms with Gasteiger partial charge in [-0.15, -0.1) is 0 Å². The molecule has 2 saturated carbocycles. The van der Waals surface area contributed by atoms with E-state index < -0.39 is 5.60 Å². The maximum Gasteiger partial charge on any atom is 0.124 e. The van der Waals surface area contributed by atoms with Crippen molar-refractivity contribution in [3.63, 3.8) is 0 Å². The number of hydrogen-bond donors (Lipinski definition) is 1. The number of hydrogen-bond acceptors (Lipinski definition) is 2. The predicted molar refractivity (Wildman–Crippen MR) is 49.0 cm³/mol. The second-order valence-electron chi connectivity index (χ2n) is 4.71. The van der Waals surface area contributed by atoms with Crippen molar-refractivity contribution in [1.29, 1.82) is 0 Å². The van der Waals surface area contributed by atoms with Crippen molar-refractivity contribution in [2.45, 2.75) is 37.7 Å². The first-order chi connectivity index (χ1) is 6.29. The van der Waals surface area contributed by atoms with Gasteiger partial charge >= 0.3 is 0 Å². The largest absolute Gasteiger partial charge is 0.495 e. The molecule has 3 unspecified atom stereocenters. The van der Waals surface area contributed by atoms with Crippen LogP contribution in [0.15, 0.2) is 11.8 Å². The summed E-state index contributed by atoms with van der Waals surface area (Å²) in [6, 6.07) is 0. The summed E-state index contributed by atoms with van der Waals surface area (Å²) in [5.41, 5.74) is -0.570. The quantitative estimate of drug-likeness (QED) is 0.667. The molecule has 0 radical (unpaired) electrons. The lowest BCUT2D eigenvalue weighted by atomic mass is 9.82. The molecule has 2 fully saturated rings. The molecular formula is C11H16O2. The Balaban J connectivity index is 1.89. The summed E-state index contributed by atoms with van der Waals surface area (Å²) < 4.78 is 5.50. The average molecular weight is 180 g/mol. The van der Waals surface area contributed by atoms with Crippen LogP contribution in [0.25, 0.3) is 0 Å². The average Bonchev–Trinajstić information content (AvgIpc) is 2.79. The van der Waals surface area contributed by atoms with Crippen molar-refractivity contribution in [2.24, 2.45) is 11.8 Å². The van der Waals surface area contributed by atoms with Crippen molar-refractivity contribution in [3.05, 3.63) is 11.8 Å². The van der Waals surface area contributed by atoms with Gasteiger partial charge < -0.3 is 9.84 Å². The number of fused-ring (bicyclic) bond motifs is 2. The number of rotatable bonds is 1. The zero-order chi connectivity index (χ0) is 8.89. The van der Waals surface area contributed by atoms with E-state index in [0.29, 0.717) is 5.92 Å². The van der Waals surface area contributed by atoms with Crippen LogP contribution < -0.4 is 0 Å². The van der Waals surface area contributed by atoms with Gasteiger partial charge in [0.2, 0.25) is 0 Å². The SMILES string of the molecule is OC1(C2=CCCO2)CC2CCC1C2. The van der Waals surface area contributed by atoms with Gasteiger partial charge in [-0.25, -0.2) is 0 Å². The van der Waals surface area contributed by atoms with E-state index in [-0.39, 0.29) is 0 Å². The Hall–Kier alpha value is -0.500. The number of aliphatic hydroxyl groups is 1. The van der Waals surface area contributed by atoms with Gasteiger partial charge in [0.15, 0.2) is 0 Å². The Morgan fingerprint density at radius 3 is 2.92 bits per heavy atom. The zero-order valence-electron chi connectivity index (χ0n) is 7.83. The molecular weight excluding hydrogens is 164 g/mol. The summed E-state index contributed by atoms with van der Waals surface area (Å²) in [5, 5.41) is 10.5. The summed E-state index contributed by atoms with van der Waals surface area (Å²) in [7, 11) is 0. The van der Waals surface area contributed by atoms with E-state index in [4.69, 9.17) is 4.74 Å². The molecule has 1 aliphatic heterocycles. The first-order valence-electron chi connectivity index (χ1n) is 5.35. The minimum absolute atomic E-state index is 0.488. The van der Waals surface area contributed by atoms with Gasteiger partial charge in [0.25, 0.3) is 0 Å². The van der Waals surface area contributed by atoms with E-state index >= 15 is 0 Å². The second-order valence-corrected chi connectivity index (χ2v) is 4.71. The predicted octanol–water partition coefficient (Wildman–Crippen LogP) is 1.84. The topological polar surface area (TPSA) is 29.5 Å². The normalized spacial score (nSPS) is 47.9. The molecule has 2 heteroatoms. The third-order valence-electron chi connectivity index (χ3n) is 3.95. The Labute approximate surface area is 78.6 Å². The second kappa shape index (κ2) is 2.50. The lowest BCUT2D eigenvalue weighted by Crippen LogP contribution is -2.37. The summed E-state index contributed by atoms with van der Waals surface area (Å²) in [6.07, 6.45) is 7.75. The molecule has 1 heterocycles. The zero-order valence-corrected chi connectivity index (χ0v) is 7.83. The Morgan fingerprint density at radius 2 is 2.38 bits per heavy atom. The summed E-state index contributed by atoms with van der Waals surface area (Å²) >= 11 is 0. The standard InChI is InChI=1S/C11H16O2/c12-11(10-2-1-5-13-10)7-8-3-4-9(11)6-8/h2,8-9,12H,1,3-7H2. The third kappa shape index (κ3) is 0.983. The molecule has 3 aliphatic rings. The molecule has 3 atom stereocenters. The molecule has 0 spiro atoms. The fourth-order valence-corrected chi connectivity index (χ4v) is 3.32. The minimum Gasteiger partial charge on any atom is -0.495 e. The molecule has 3 rings (SSSR count). The maximum atomic E-state index is 10.5. The van der Waals surface area contributed by atoms with E-state index in [1.54, 1.807) is 0 Å². The van der Waals surface area contributed by atoms with Crippen LogP contribution >= 0.6 is 0 Å². The van der Waals surface area contributed by atoms with Crippen molar-refractivity contribution in [3.8, 4) is 0 Å². The van der Waals surface area contributed by atoms with Crippen LogP contribution in [0.4, 0.5) is 0 Å². The third-order valence-corrected chi connectivity index (χ3v) is 3.95. The highest BCUT2D eigenvalue weighted by Gasteiger charge is 2.53. The minimum atomic E-state index is -0.570. The maximum absolute atomic E-state index is 10.5. The van der Waals surface area contributed by atoms with Gasteiger partial charge in [0, 0.05) is 6.42 Å². The summed E-state index contributed by atoms with van der Waals surface area (Å²) in [6.45, 7) is 0.773. The van der Waals surface area contributed by atoms with E-state index in [1.807, 2.05) is 0 Å². The number of ether oxygens (including phenoxy) is 1. The molecule has 0 aromatic heterocycles. The van der Waals surface area contributed by atoms with E-state index in [9.17, 15) is 5.11 Å². The Bertz CT molecular complexity index is 259. The molecule has 2 bridgehead atoms. The van der Waals surface area contributed by atoms with Crippen molar-refractivity contribution in [2.75, 3.05) is 6.61 Å². The molecule has 13 heavy (non-hydrogen) atoms. The summed E-state index contributed by atoms with van der Waals surface area (Å²) in [5.74, 6) is 2.14. The lowest BCUT2D eigenvalue weighted by molar-refractivity contribution is -0.0241. The van der Waals surface area contributed by atoms with Crippen LogP contribution in [0.5, 0.6) is 0 Å². The van der Waals surface area contributed by atoms with Crippen LogP contribution in [0.3, 0.4) is 0 Å². The van der Waals surface area contributed by atoms with Gasteiger partial charge in [0.1, 0.15) is 11.4 Å². The van der Waals surface area contributed by atoms with E-state index in [2.05, 4.69) is 6.08 Å². The first kappa shape index (κ1) is 7.86. The molecule has 0 amide bonds. The Morgan fingerprint density at radius 1 is 1.46 bits per heavy atom. The van der Waals surface area contributed by atoms with E-state index in [0.717, 1.165) is 31.1 Å².